The van der Waals surface area contributed by atoms with Crippen LogP contribution in [0.25, 0.3) is 0 Å². The summed E-state index contributed by atoms with van der Waals surface area (Å²) in [5.74, 6) is -1.69. The molecule has 0 spiro atoms. The Morgan fingerprint density at radius 3 is 2.62 bits per heavy atom. The average molecular weight is 296 g/mol. The molecule has 0 aromatic heterocycles. The highest BCUT2D eigenvalue weighted by Crippen LogP contribution is 2.36. The molecule has 1 amide bonds. The fourth-order valence-electron chi connectivity index (χ4n) is 2.99. The molecule has 2 rings (SSSR count). The number of carbonyl (C=O) groups excluding carboxylic acids is 1. The number of halogens is 2. The second-order valence-electron chi connectivity index (χ2n) is 5.79. The van der Waals surface area contributed by atoms with Crippen LogP contribution in [0.2, 0.25) is 0 Å². The third kappa shape index (κ3) is 3.23. The van der Waals surface area contributed by atoms with Gasteiger partial charge in [-0.25, -0.2) is 8.78 Å². The second-order valence-corrected chi connectivity index (χ2v) is 5.79. The number of carbonyl (C=O) groups is 1. The van der Waals surface area contributed by atoms with E-state index in [4.69, 9.17) is 0 Å². The zero-order chi connectivity index (χ0) is 15.5. The van der Waals surface area contributed by atoms with E-state index in [0.29, 0.717) is 18.4 Å². The summed E-state index contributed by atoms with van der Waals surface area (Å²) in [5, 5.41) is 5.72. The quantitative estimate of drug-likeness (QED) is 0.894. The third-order valence-corrected chi connectivity index (χ3v) is 4.29. The number of aryl methyl sites for hydroxylation is 1. The predicted molar refractivity (Wildman–Crippen MR) is 79.2 cm³/mol. The van der Waals surface area contributed by atoms with Crippen molar-refractivity contribution >= 4 is 11.6 Å². The van der Waals surface area contributed by atoms with Crippen molar-refractivity contribution in [3.63, 3.8) is 0 Å². The van der Waals surface area contributed by atoms with Gasteiger partial charge in [0.1, 0.15) is 11.5 Å². The first-order valence-electron chi connectivity index (χ1n) is 7.47. The van der Waals surface area contributed by atoms with Crippen LogP contribution in [0.3, 0.4) is 0 Å². The Morgan fingerprint density at radius 1 is 1.33 bits per heavy atom. The molecule has 0 saturated carbocycles. The minimum Gasteiger partial charge on any atom is -0.321 e. The van der Waals surface area contributed by atoms with Gasteiger partial charge in [-0.15, -0.1) is 0 Å². The first kappa shape index (κ1) is 15.9. The molecule has 1 fully saturated rings. The molecular formula is C16H22F2N2O. The summed E-state index contributed by atoms with van der Waals surface area (Å²) in [5.41, 5.74) is -0.529. The fourth-order valence-corrected chi connectivity index (χ4v) is 2.99. The Hall–Kier alpha value is -1.49. The van der Waals surface area contributed by atoms with Gasteiger partial charge in [0.05, 0.1) is 5.41 Å². The van der Waals surface area contributed by atoms with E-state index in [1.54, 1.807) is 6.92 Å². The zero-order valence-corrected chi connectivity index (χ0v) is 12.6. The standard InChI is InChI=1S/C16H22F2N2O/c1-3-6-16(7-9-19-10-8-16)15(21)20-14-12(17)5-4-11(2)13(14)18/h4-5,19H,3,6-10H2,1-2H3,(H,20,21). The highest BCUT2D eigenvalue weighted by Gasteiger charge is 2.39. The van der Waals surface area contributed by atoms with Crippen molar-refractivity contribution in [2.45, 2.75) is 39.5 Å². The third-order valence-electron chi connectivity index (χ3n) is 4.29. The molecule has 1 saturated heterocycles. The van der Waals surface area contributed by atoms with E-state index in [1.165, 1.54) is 12.1 Å². The molecule has 0 unspecified atom stereocenters. The lowest BCUT2D eigenvalue weighted by Gasteiger charge is -2.36. The maximum atomic E-state index is 14.0. The van der Waals surface area contributed by atoms with Crippen molar-refractivity contribution in [1.29, 1.82) is 0 Å². The lowest BCUT2D eigenvalue weighted by Crippen LogP contribution is -2.45. The first-order valence-corrected chi connectivity index (χ1v) is 7.47. The highest BCUT2D eigenvalue weighted by molar-refractivity contribution is 5.95. The molecule has 0 atom stereocenters. The average Bonchev–Trinajstić information content (AvgIpc) is 2.48. The maximum absolute atomic E-state index is 14.0. The normalized spacial score (nSPS) is 17.5. The van der Waals surface area contributed by atoms with Crippen molar-refractivity contribution in [1.82, 2.24) is 5.32 Å². The van der Waals surface area contributed by atoms with Crippen molar-refractivity contribution in [3.8, 4) is 0 Å². The fraction of sp³-hybridized carbons (Fsp3) is 0.562. The van der Waals surface area contributed by atoms with Gasteiger partial charge >= 0.3 is 0 Å². The molecule has 3 nitrogen and oxygen atoms in total. The van der Waals surface area contributed by atoms with Crippen LogP contribution in [-0.2, 0) is 4.79 Å². The molecule has 1 aliphatic rings. The topological polar surface area (TPSA) is 41.1 Å². The second kappa shape index (κ2) is 6.52. The molecule has 2 N–H and O–H groups in total. The summed E-state index contributed by atoms with van der Waals surface area (Å²) in [6.45, 7) is 5.08. The van der Waals surface area contributed by atoms with E-state index < -0.39 is 17.0 Å². The molecule has 5 heteroatoms. The summed E-state index contributed by atoms with van der Waals surface area (Å²) >= 11 is 0. The van der Waals surface area contributed by atoms with Gasteiger partial charge in [-0.3, -0.25) is 4.79 Å². The smallest absolute Gasteiger partial charge is 0.230 e. The lowest BCUT2D eigenvalue weighted by atomic mass is 9.74. The number of hydrogen-bond acceptors (Lipinski definition) is 2. The van der Waals surface area contributed by atoms with Crippen LogP contribution in [0.15, 0.2) is 12.1 Å². The molecule has 0 radical (unpaired) electrons. The van der Waals surface area contributed by atoms with Gasteiger partial charge in [0, 0.05) is 0 Å². The summed E-state index contributed by atoms with van der Waals surface area (Å²) < 4.78 is 27.8. The van der Waals surface area contributed by atoms with E-state index in [0.717, 1.165) is 25.9 Å². The molecule has 1 aliphatic heterocycles. The first-order chi connectivity index (χ1) is 10.00. The Balaban J connectivity index is 2.25. The molecule has 0 aliphatic carbocycles. The number of hydrogen-bond donors (Lipinski definition) is 2. The number of piperidine rings is 1. The van der Waals surface area contributed by atoms with Gasteiger partial charge in [0.2, 0.25) is 5.91 Å². The Kier molecular flexibility index (Phi) is 4.93. The van der Waals surface area contributed by atoms with Gasteiger partial charge in [0.25, 0.3) is 0 Å². The van der Waals surface area contributed by atoms with Gasteiger partial charge in [0.15, 0.2) is 5.82 Å². The lowest BCUT2D eigenvalue weighted by molar-refractivity contribution is -0.127. The van der Waals surface area contributed by atoms with Crippen LogP contribution in [0.4, 0.5) is 14.5 Å². The molecule has 1 heterocycles. The van der Waals surface area contributed by atoms with Crippen LogP contribution in [-0.4, -0.2) is 19.0 Å². The van der Waals surface area contributed by atoms with Crippen molar-refractivity contribution in [2.75, 3.05) is 18.4 Å². The molecule has 21 heavy (non-hydrogen) atoms. The van der Waals surface area contributed by atoms with Crippen LogP contribution >= 0.6 is 0 Å². The zero-order valence-electron chi connectivity index (χ0n) is 12.6. The largest absolute Gasteiger partial charge is 0.321 e. The maximum Gasteiger partial charge on any atom is 0.230 e. The molecule has 116 valence electrons. The molecule has 1 aromatic rings. The van der Waals surface area contributed by atoms with E-state index in [-0.39, 0.29) is 11.6 Å². The highest BCUT2D eigenvalue weighted by atomic mass is 19.1. The summed E-state index contributed by atoms with van der Waals surface area (Å²) in [6, 6.07) is 2.55. The van der Waals surface area contributed by atoms with Crippen LogP contribution in [0.1, 0.15) is 38.2 Å². The summed E-state index contributed by atoms with van der Waals surface area (Å²) in [6.07, 6.45) is 2.99. The summed E-state index contributed by atoms with van der Waals surface area (Å²) in [7, 11) is 0. The van der Waals surface area contributed by atoms with E-state index >= 15 is 0 Å². The van der Waals surface area contributed by atoms with Gasteiger partial charge in [-0.1, -0.05) is 19.4 Å². The van der Waals surface area contributed by atoms with E-state index in [1.807, 2.05) is 6.92 Å². The SMILES string of the molecule is CCCC1(C(=O)Nc2c(F)ccc(C)c2F)CCNCC1. The predicted octanol–water partition coefficient (Wildman–Crippen LogP) is 3.38. The minimum absolute atomic E-state index is 0.269. The Labute approximate surface area is 124 Å². The Morgan fingerprint density at radius 2 is 2.00 bits per heavy atom. The van der Waals surface area contributed by atoms with Crippen LogP contribution in [0.5, 0.6) is 0 Å². The van der Waals surface area contributed by atoms with Crippen molar-refractivity contribution < 1.29 is 13.6 Å². The van der Waals surface area contributed by atoms with Gasteiger partial charge in [-0.05, 0) is 50.9 Å². The van der Waals surface area contributed by atoms with Crippen LogP contribution in [0, 0.1) is 24.0 Å². The Bertz CT molecular complexity index is 520. The summed E-state index contributed by atoms with van der Waals surface area (Å²) in [4.78, 5) is 12.6. The number of amides is 1. The molecule has 1 aromatic carbocycles. The van der Waals surface area contributed by atoms with Gasteiger partial charge in [-0.2, -0.15) is 0 Å². The monoisotopic (exact) mass is 296 g/mol. The van der Waals surface area contributed by atoms with Crippen molar-refractivity contribution in [2.24, 2.45) is 5.41 Å². The molecular weight excluding hydrogens is 274 g/mol. The number of rotatable bonds is 4. The van der Waals surface area contributed by atoms with E-state index in [2.05, 4.69) is 10.6 Å². The van der Waals surface area contributed by atoms with E-state index in [9.17, 15) is 13.6 Å². The van der Waals surface area contributed by atoms with Gasteiger partial charge < -0.3 is 10.6 Å². The van der Waals surface area contributed by atoms with Crippen molar-refractivity contribution in [3.05, 3.63) is 29.3 Å². The molecule has 0 bridgehead atoms. The van der Waals surface area contributed by atoms with Crippen LogP contribution < -0.4 is 10.6 Å². The number of anilines is 1. The minimum atomic E-state index is -0.730. The number of nitrogens with one attached hydrogen (secondary N) is 2. The number of benzene rings is 1.